The van der Waals surface area contributed by atoms with Crippen LogP contribution in [0, 0.1) is 0 Å². The molecule has 1 N–H and O–H groups in total. The van der Waals surface area contributed by atoms with E-state index in [1.165, 1.54) is 24.3 Å². The van der Waals surface area contributed by atoms with Crippen molar-refractivity contribution in [3.8, 4) is 11.3 Å². The lowest BCUT2D eigenvalue weighted by molar-refractivity contribution is 0.0699. The summed E-state index contributed by atoms with van der Waals surface area (Å²) < 4.78 is 22.9. The predicted molar refractivity (Wildman–Crippen MR) is 87.2 cm³/mol. The number of aromatic carboxylic acids is 1. The van der Waals surface area contributed by atoms with E-state index in [2.05, 4.69) is 4.98 Å². The van der Waals surface area contributed by atoms with Gasteiger partial charge in [0.25, 0.3) is 9.05 Å². The molecule has 7 heteroatoms. The summed E-state index contributed by atoms with van der Waals surface area (Å²) in [4.78, 5) is 15.8. The van der Waals surface area contributed by atoms with Crippen molar-refractivity contribution in [3.05, 3.63) is 60.2 Å². The van der Waals surface area contributed by atoms with Crippen molar-refractivity contribution in [2.45, 2.75) is 4.90 Å². The van der Waals surface area contributed by atoms with Crippen molar-refractivity contribution in [2.75, 3.05) is 0 Å². The Balaban J connectivity index is 2.32. The van der Waals surface area contributed by atoms with Crippen LogP contribution in [0.25, 0.3) is 22.2 Å². The van der Waals surface area contributed by atoms with Crippen molar-refractivity contribution in [3.63, 3.8) is 0 Å². The zero-order chi connectivity index (χ0) is 16.6. The van der Waals surface area contributed by atoms with E-state index < -0.39 is 15.0 Å². The monoisotopic (exact) mass is 347 g/mol. The van der Waals surface area contributed by atoms with Gasteiger partial charge in [0.15, 0.2) is 0 Å². The topological polar surface area (TPSA) is 84.3 Å². The van der Waals surface area contributed by atoms with Crippen molar-refractivity contribution in [1.82, 2.24) is 4.98 Å². The van der Waals surface area contributed by atoms with E-state index in [4.69, 9.17) is 10.7 Å². The fourth-order valence-electron chi connectivity index (χ4n) is 2.29. The quantitative estimate of drug-likeness (QED) is 0.733. The fraction of sp³-hybridized carbons (Fsp3) is 0. The number of carbonyl (C=O) groups is 1. The molecule has 1 aromatic heterocycles. The summed E-state index contributed by atoms with van der Waals surface area (Å²) in [5.74, 6) is -1.17. The van der Waals surface area contributed by atoms with E-state index in [0.717, 1.165) is 5.56 Å². The molecule has 2 aromatic carbocycles. The summed E-state index contributed by atoms with van der Waals surface area (Å²) in [5, 5.41) is 9.66. The SMILES string of the molecule is O=C(O)c1cc(-c2ccccc2)nc2ccc(S(=O)(=O)Cl)cc12. The number of carboxylic acid groups (broad SMARTS) is 1. The van der Waals surface area contributed by atoms with Gasteiger partial charge in [0.2, 0.25) is 0 Å². The minimum absolute atomic E-state index is 0.0315. The van der Waals surface area contributed by atoms with Crippen LogP contribution in [0.2, 0.25) is 0 Å². The Hall–Kier alpha value is -2.44. The van der Waals surface area contributed by atoms with Crippen molar-refractivity contribution in [1.29, 1.82) is 0 Å². The van der Waals surface area contributed by atoms with E-state index >= 15 is 0 Å². The number of aromatic nitrogens is 1. The Morgan fingerprint density at radius 3 is 2.35 bits per heavy atom. The Morgan fingerprint density at radius 2 is 1.74 bits per heavy atom. The maximum atomic E-state index is 11.5. The second-order valence-electron chi connectivity index (χ2n) is 4.84. The molecule has 0 fully saturated rings. The first-order chi connectivity index (χ1) is 10.9. The highest BCUT2D eigenvalue weighted by Crippen LogP contribution is 2.27. The lowest BCUT2D eigenvalue weighted by Gasteiger charge is -2.08. The number of benzene rings is 2. The molecular formula is C16H10ClNO4S. The molecule has 0 saturated heterocycles. The molecule has 0 aliphatic rings. The van der Waals surface area contributed by atoms with E-state index in [-0.39, 0.29) is 15.8 Å². The molecule has 0 aliphatic carbocycles. The molecule has 1 heterocycles. The summed E-state index contributed by atoms with van der Waals surface area (Å²) in [6.45, 7) is 0. The number of rotatable bonds is 3. The summed E-state index contributed by atoms with van der Waals surface area (Å²) in [7, 11) is 1.37. The Kier molecular flexibility index (Phi) is 3.79. The lowest BCUT2D eigenvalue weighted by atomic mass is 10.0. The van der Waals surface area contributed by atoms with Gasteiger partial charge in [-0.1, -0.05) is 30.3 Å². The second-order valence-corrected chi connectivity index (χ2v) is 7.41. The standard InChI is InChI=1S/C16H10ClNO4S/c17-23(21,22)11-6-7-14-12(8-11)13(16(19)20)9-15(18-14)10-4-2-1-3-5-10/h1-9H,(H,19,20). The summed E-state index contributed by atoms with van der Waals surface area (Å²) in [6, 6.07) is 14.5. The third-order valence-electron chi connectivity index (χ3n) is 3.36. The van der Waals surface area contributed by atoms with E-state index in [9.17, 15) is 18.3 Å². The minimum atomic E-state index is -3.95. The average molecular weight is 348 g/mol. The second kappa shape index (κ2) is 5.64. The molecule has 0 atom stereocenters. The van der Waals surface area contributed by atoms with E-state index in [1.807, 2.05) is 30.3 Å². The molecule has 23 heavy (non-hydrogen) atoms. The van der Waals surface area contributed by atoms with Crippen LogP contribution in [-0.4, -0.2) is 24.5 Å². The molecule has 0 spiro atoms. The largest absolute Gasteiger partial charge is 0.478 e. The zero-order valence-electron chi connectivity index (χ0n) is 11.6. The lowest BCUT2D eigenvalue weighted by Crippen LogP contribution is -2.01. The van der Waals surface area contributed by atoms with Crippen LogP contribution in [0.5, 0.6) is 0 Å². The van der Waals surface area contributed by atoms with Crippen LogP contribution in [0.1, 0.15) is 10.4 Å². The maximum Gasteiger partial charge on any atom is 0.336 e. The molecular weight excluding hydrogens is 338 g/mol. The smallest absolute Gasteiger partial charge is 0.336 e. The Morgan fingerprint density at radius 1 is 1.04 bits per heavy atom. The van der Waals surface area contributed by atoms with Crippen LogP contribution >= 0.6 is 10.7 Å². The number of hydrogen-bond donors (Lipinski definition) is 1. The highest BCUT2D eigenvalue weighted by atomic mass is 35.7. The first kappa shape index (κ1) is 15.5. The average Bonchev–Trinajstić information content (AvgIpc) is 2.53. The molecule has 0 amide bonds. The van der Waals surface area contributed by atoms with Gasteiger partial charge in [-0.2, -0.15) is 0 Å². The van der Waals surface area contributed by atoms with E-state index in [0.29, 0.717) is 11.2 Å². The number of pyridine rings is 1. The summed E-state index contributed by atoms with van der Waals surface area (Å²) in [5.41, 5.74) is 1.62. The van der Waals surface area contributed by atoms with Gasteiger partial charge in [0.1, 0.15) is 0 Å². The first-order valence-corrected chi connectivity index (χ1v) is 8.85. The Labute approximate surface area is 136 Å². The number of hydrogen-bond acceptors (Lipinski definition) is 4. The molecule has 116 valence electrons. The van der Waals surface area contributed by atoms with Gasteiger partial charge >= 0.3 is 5.97 Å². The number of halogens is 1. The molecule has 0 saturated carbocycles. The van der Waals surface area contributed by atoms with Crippen LogP contribution in [-0.2, 0) is 9.05 Å². The molecule has 5 nitrogen and oxygen atoms in total. The Bertz CT molecular complexity index is 1020. The highest BCUT2D eigenvalue weighted by molar-refractivity contribution is 8.13. The third-order valence-corrected chi connectivity index (χ3v) is 4.71. The van der Waals surface area contributed by atoms with Gasteiger partial charge < -0.3 is 5.11 Å². The first-order valence-electron chi connectivity index (χ1n) is 6.54. The zero-order valence-corrected chi connectivity index (χ0v) is 13.2. The number of fused-ring (bicyclic) bond motifs is 1. The van der Waals surface area contributed by atoms with Crippen LogP contribution in [0.15, 0.2) is 59.5 Å². The van der Waals surface area contributed by atoms with Crippen molar-refractivity contribution in [2.24, 2.45) is 0 Å². The van der Waals surface area contributed by atoms with Crippen molar-refractivity contribution < 1.29 is 18.3 Å². The molecule has 3 aromatic rings. The van der Waals surface area contributed by atoms with E-state index in [1.54, 1.807) is 0 Å². The van der Waals surface area contributed by atoms with Gasteiger partial charge in [-0.25, -0.2) is 18.2 Å². The minimum Gasteiger partial charge on any atom is -0.478 e. The number of carboxylic acids is 1. The van der Waals surface area contributed by atoms with Crippen LogP contribution < -0.4 is 0 Å². The highest BCUT2D eigenvalue weighted by Gasteiger charge is 2.17. The van der Waals surface area contributed by atoms with Gasteiger partial charge in [-0.15, -0.1) is 0 Å². The predicted octanol–water partition coefficient (Wildman–Crippen LogP) is 3.53. The van der Waals surface area contributed by atoms with Crippen LogP contribution in [0.3, 0.4) is 0 Å². The van der Waals surface area contributed by atoms with Gasteiger partial charge in [0.05, 0.1) is 21.7 Å². The normalized spacial score (nSPS) is 11.5. The van der Waals surface area contributed by atoms with Gasteiger partial charge in [-0.05, 0) is 24.3 Å². The third kappa shape index (κ3) is 3.04. The fourth-order valence-corrected chi connectivity index (χ4v) is 3.07. The molecule has 3 rings (SSSR count). The summed E-state index contributed by atoms with van der Waals surface area (Å²) in [6.07, 6.45) is 0. The molecule has 0 radical (unpaired) electrons. The summed E-state index contributed by atoms with van der Waals surface area (Å²) >= 11 is 0. The number of nitrogens with zero attached hydrogens (tertiary/aromatic N) is 1. The molecule has 0 aliphatic heterocycles. The molecule has 0 bridgehead atoms. The molecule has 0 unspecified atom stereocenters. The maximum absolute atomic E-state index is 11.5. The van der Waals surface area contributed by atoms with Crippen molar-refractivity contribution >= 4 is 36.6 Å². The van der Waals surface area contributed by atoms with Crippen LogP contribution in [0.4, 0.5) is 0 Å². The van der Waals surface area contributed by atoms with Gasteiger partial charge in [0, 0.05) is 21.6 Å². The van der Waals surface area contributed by atoms with Gasteiger partial charge in [-0.3, -0.25) is 0 Å².